The predicted octanol–water partition coefficient (Wildman–Crippen LogP) is 3.87. The van der Waals surface area contributed by atoms with Crippen LogP contribution in [0.2, 0.25) is 5.02 Å². The maximum Gasteiger partial charge on any atom is 0.174 e. The third kappa shape index (κ3) is 3.43. The molecular weight excluding hydrogens is 299 g/mol. The van der Waals surface area contributed by atoms with Crippen molar-refractivity contribution >= 4 is 29.2 Å². The molecule has 6 heteroatoms. The number of nitrogens with zero attached hydrogens (tertiary/aromatic N) is 1. The summed E-state index contributed by atoms with van der Waals surface area (Å²) in [5.41, 5.74) is 6.68. The lowest BCUT2D eigenvalue weighted by molar-refractivity contribution is 0.318. The van der Waals surface area contributed by atoms with Gasteiger partial charge in [0.05, 0.1) is 5.56 Å². The van der Waals surface area contributed by atoms with Gasteiger partial charge in [0.2, 0.25) is 0 Å². The van der Waals surface area contributed by atoms with Crippen LogP contribution in [-0.4, -0.2) is 11.0 Å². The third-order valence-corrected chi connectivity index (χ3v) is 4.03. The lowest BCUT2D eigenvalue weighted by atomic mass is 10.2. The van der Waals surface area contributed by atoms with Gasteiger partial charge in [-0.3, -0.25) is 0 Å². The number of hydrogen-bond donors (Lipinski definition) is 2. The fourth-order valence-corrected chi connectivity index (χ4v) is 2.83. The molecule has 2 aromatic carbocycles. The van der Waals surface area contributed by atoms with Gasteiger partial charge in [0, 0.05) is 15.7 Å². The van der Waals surface area contributed by atoms with Crippen LogP contribution in [0, 0.1) is 5.82 Å². The summed E-state index contributed by atoms with van der Waals surface area (Å²) < 4.78 is 13.8. The lowest BCUT2D eigenvalue weighted by Crippen LogP contribution is -2.16. The molecule has 0 saturated heterocycles. The van der Waals surface area contributed by atoms with E-state index in [1.165, 1.54) is 17.8 Å². The first-order valence-electron chi connectivity index (χ1n) is 5.75. The van der Waals surface area contributed by atoms with E-state index in [0.717, 1.165) is 5.56 Å². The minimum atomic E-state index is -0.513. The molecule has 0 atom stereocenters. The second-order valence-electron chi connectivity index (χ2n) is 4.01. The molecule has 0 unspecified atom stereocenters. The number of hydrogen-bond acceptors (Lipinski definition) is 3. The number of oxime groups is 1. The van der Waals surface area contributed by atoms with Crippen molar-refractivity contribution in [3.05, 3.63) is 64.4 Å². The van der Waals surface area contributed by atoms with E-state index >= 15 is 0 Å². The largest absolute Gasteiger partial charge is 0.409 e. The standard InChI is InChI=1S/C14H12ClFN2OS/c15-10-6-4-9(5-7-10)8-20-12-3-1-2-11(16)13(12)14(17)18-19/h1-7,19H,8H2,(H2,17,18). The molecule has 0 aliphatic heterocycles. The van der Waals surface area contributed by atoms with E-state index in [0.29, 0.717) is 15.7 Å². The Morgan fingerprint density at radius 2 is 1.95 bits per heavy atom. The Morgan fingerprint density at radius 3 is 2.60 bits per heavy atom. The minimum Gasteiger partial charge on any atom is -0.409 e. The Balaban J connectivity index is 2.21. The molecule has 0 spiro atoms. The molecule has 0 radical (unpaired) electrons. The van der Waals surface area contributed by atoms with Crippen molar-refractivity contribution in [2.75, 3.05) is 0 Å². The van der Waals surface area contributed by atoms with E-state index in [4.69, 9.17) is 22.5 Å². The van der Waals surface area contributed by atoms with Crippen molar-refractivity contribution in [2.45, 2.75) is 10.6 Å². The Bertz CT molecular complexity index is 632. The second-order valence-corrected chi connectivity index (χ2v) is 5.47. The minimum absolute atomic E-state index is 0.119. The first kappa shape index (κ1) is 14.7. The first-order valence-corrected chi connectivity index (χ1v) is 7.12. The monoisotopic (exact) mass is 310 g/mol. The summed E-state index contributed by atoms with van der Waals surface area (Å²) in [7, 11) is 0. The van der Waals surface area contributed by atoms with Crippen LogP contribution in [0.5, 0.6) is 0 Å². The van der Waals surface area contributed by atoms with Gasteiger partial charge < -0.3 is 10.9 Å². The fraction of sp³-hybridized carbons (Fsp3) is 0.0714. The van der Waals surface area contributed by atoms with Crippen LogP contribution in [0.15, 0.2) is 52.5 Å². The van der Waals surface area contributed by atoms with Crippen LogP contribution in [0.1, 0.15) is 11.1 Å². The van der Waals surface area contributed by atoms with Crippen LogP contribution in [-0.2, 0) is 5.75 Å². The molecule has 0 saturated carbocycles. The lowest BCUT2D eigenvalue weighted by Gasteiger charge is -2.09. The molecule has 2 rings (SSSR count). The molecule has 3 nitrogen and oxygen atoms in total. The van der Waals surface area contributed by atoms with Gasteiger partial charge in [0.15, 0.2) is 5.84 Å². The van der Waals surface area contributed by atoms with Crippen LogP contribution in [0.25, 0.3) is 0 Å². The number of benzene rings is 2. The average molecular weight is 311 g/mol. The van der Waals surface area contributed by atoms with Crippen LogP contribution in [0.3, 0.4) is 0 Å². The molecule has 0 aliphatic carbocycles. The molecular formula is C14H12ClFN2OS. The van der Waals surface area contributed by atoms with Crippen molar-refractivity contribution < 1.29 is 9.60 Å². The van der Waals surface area contributed by atoms with Gasteiger partial charge in [-0.15, -0.1) is 11.8 Å². The Morgan fingerprint density at radius 1 is 1.25 bits per heavy atom. The summed E-state index contributed by atoms with van der Waals surface area (Å²) in [6.45, 7) is 0. The molecule has 3 N–H and O–H groups in total. The predicted molar refractivity (Wildman–Crippen MR) is 79.9 cm³/mol. The number of rotatable bonds is 4. The SMILES string of the molecule is N/C(=N/O)c1c(F)cccc1SCc1ccc(Cl)cc1. The summed E-state index contributed by atoms with van der Waals surface area (Å²) in [6, 6.07) is 12.0. The van der Waals surface area contributed by atoms with E-state index in [-0.39, 0.29) is 11.4 Å². The quantitative estimate of drug-likeness (QED) is 0.296. The molecule has 0 bridgehead atoms. The average Bonchev–Trinajstić information content (AvgIpc) is 2.46. The fourth-order valence-electron chi connectivity index (χ4n) is 1.66. The highest BCUT2D eigenvalue weighted by Gasteiger charge is 2.13. The van der Waals surface area contributed by atoms with Crippen molar-refractivity contribution in [2.24, 2.45) is 10.9 Å². The van der Waals surface area contributed by atoms with E-state index in [1.807, 2.05) is 12.1 Å². The molecule has 2 aromatic rings. The second kappa shape index (κ2) is 6.63. The van der Waals surface area contributed by atoms with Gasteiger partial charge in [0.25, 0.3) is 0 Å². The van der Waals surface area contributed by atoms with E-state index in [2.05, 4.69) is 5.16 Å². The number of nitrogens with two attached hydrogens (primary N) is 1. The maximum atomic E-state index is 13.8. The zero-order valence-corrected chi connectivity index (χ0v) is 12.0. The molecule has 0 heterocycles. The normalized spacial score (nSPS) is 11.6. The highest BCUT2D eigenvalue weighted by Crippen LogP contribution is 2.28. The third-order valence-electron chi connectivity index (χ3n) is 2.65. The topological polar surface area (TPSA) is 58.6 Å². The van der Waals surface area contributed by atoms with Gasteiger partial charge >= 0.3 is 0 Å². The molecule has 104 valence electrons. The molecule has 0 fully saturated rings. The summed E-state index contributed by atoms with van der Waals surface area (Å²) in [5.74, 6) is -0.116. The van der Waals surface area contributed by atoms with E-state index in [1.54, 1.807) is 24.3 Å². The van der Waals surface area contributed by atoms with Crippen molar-refractivity contribution in [1.82, 2.24) is 0 Å². The zero-order chi connectivity index (χ0) is 14.5. The van der Waals surface area contributed by atoms with E-state index < -0.39 is 5.82 Å². The van der Waals surface area contributed by atoms with Gasteiger partial charge in [0.1, 0.15) is 5.82 Å². The highest BCUT2D eigenvalue weighted by molar-refractivity contribution is 7.98. The molecule has 0 amide bonds. The summed E-state index contributed by atoms with van der Waals surface area (Å²) in [4.78, 5) is 0.621. The van der Waals surface area contributed by atoms with Crippen molar-refractivity contribution in [1.29, 1.82) is 0 Å². The molecule has 0 aromatic heterocycles. The van der Waals surface area contributed by atoms with Crippen LogP contribution >= 0.6 is 23.4 Å². The highest BCUT2D eigenvalue weighted by atomic mass is 35.5. The maximum absolute atomic E-state index is 13.8. The van der Waals surface area contributed by atoms with Crippen molar-refractivity contribution in [3.8, 4) is 0 Å². The number of thioether (sulfide) groups is 1. The molecule has 20 heavy (non-hydrogen) atoms. The summed E-state index contributed by atoms with van der Waals surface area (Å²) >= 11 is 7.23. The first-order chi connectivity index (χ1) is 9.61. The Labute approximate surface area is 125 Å². The van der Waals surface area contributed by atoms with E-state index in [9.17, 15) is 4.39 Å². The van der Waals surface area contributed by atoms with Gasteiger partial charge in [-0.2, -0.15) is 0 Å². The summed E-state index contributed by atoms with van der Waals surface area (Å²) in [6.07, 6.45) is 0. The Hall–Kier alpha value is -1.72. The smallest absolute Gasteiger partial charge is 0.174 e. The zero-order valence-electron chi connectivity index (χ0n) is 10.4. The van der Waals surface area contributed by atoms with Gasteiger partial charge in [-0.25, -0.2) is 4.39 Å². The van der Waals surface area contributed by atoms with Gasteiger partial charge in [-0.05, 0) is 29.8 Å². The van der Waals surface area contributed by atoms with Crippen LogP contribution < -0.4 is 5.73 Å². The van der Waals surface area contributed by atoms with Gasteiger partial charge in [-0.1, -0.05) is 35.0 Å². The summed E-state index contributed by atoms with van der Waals surface area (Å²) in [5, 5.41) is 12.3. The number of halogens is 2. The Kier molecular flexibility index (Phi) is 4.87. The molecule has 0 aliphatic rings. The van der Waals surface area contributed by atoms with Crippen molar-refractivity contribution in [3.63, 3.8) is 0 Å². The van der Waals surface area contributed by atoms with Crippen LogP contribution in [0.4, 0.5) is 4.39 Å². The number of amidine groups is 1.